The third kappa shape index (κ3) is 52.1. The van der Waals surface area contributed by atoms with Gasteiger partial charge in [0.1, 0.15) is 0 Å². The maximum Gasteiger partial charge on any atom is 0.305 e. The van der Waals surface area contributed by atoms with Crippen molar-refractivity contribution in [1.82, 2.24) is 5.32 Å². The Balaban J connectivity index is 3.41. The van der Waals surface area contributed by atoms with Gasteiger partial charge >= 0.3 is 5.97 Å². The van der Waals surface area contributed by atoms with Gasteiger partial charge in [0.05, 0.1) is 25.4 Å². The number of esters is 1. The largest absolute Gasteiger partial charge is 0.466 e. The van der Waals surface area contributed by atoms with Crippen LogP contribution < -0.4 is 5.32 Å². The Morgan fingerprint density at radius 2 is 0.631 bits per heavy atom. The molecule has 1 amide bonds. The smallest absolute Gasteiger partial charge is 0.305 e. The molecule has 2 unspecified atom stereocenters. The fraction of sp³-hybridized carbons (Fsp3) is 0.966. The molecule has 0 aliphatic heterocycles. The second-order valence-electron chi connectivity index (χ2n) is 20.7. The van der Waals surface area contributed by atoms with E-state index in [1.54, 1.807) is 0 Å². The van der Waals surface area contributed by atoms with Gasteiger partial charge in [-0.2, -0.15) is 0 Å². The van der Waals surface area contributed by atoms with Gasteiger partial charge in [0, 0.05) is 12.8 Å². The molecule has 0 fully saturated rings. The Bertz CT molecular complexity index is 928. The molecule has 0 rings (SSSR count). The van der Waals surface area contributed by atoms with Crippen molar-refractivity contribution in [2.75, 3.05) is 13.2 Å². The van der Waals surface area contributed by atoms with Crippen LogP contribution in [0.5, 0.6) is 0 Å². The van der Waals surface area contributed by atoms with E-state index >= 15 is 0 Å². The molecule has 0 saturated carbocycles. The van der Waals surface area contributed by atoms with E-state index in [4.69, 9.17) is 4.74 Å². The number of nitrogens with one attached hydrogen (secondary N) is 1. The van der Waals surface area contributed by atoms with Gasteiger partial charge in [0.15, 0.2) is 0 Å². The second-order valence-corrected chi connectivity index (χ2v) is 20.7. The van der Waals surface area contributed by atoms with Crippen molar-refractivity contribution in [3.63, 3.8) is 0 Å². The van der Waals surface area contributed by atoms with Gasteiger partial charge in [-0.15, -0.1) is 0 Å². The van der Waals surface area contributed by atoms with Crippen LogP contribution >= 0.6 is 0 Å². The highest BCUT2D eigenvalue weighted by Crippen LogP contribution is 2.18. The van der Waals surface area contributed by atoms with Crippen molar-refractivity contribution in [3.05, 3.63) is 0 Å². The van der Waals surface area contributed by atoms with Gasteiger partial charge in [-0.1, -0.05) is 303 Å². The quantitative estimate of drug-likeness (QED) is 0.0417. The number of hydrogen-bond donors (Lipinski definition) is 3. The highest BCUT2D eigenvalue weighted by molar-refractivity contribution is 5.76. The van der Waals surface area contributed by atoms with Crippen LogP contribution in [-0.4, -0.2) is 47.4 Å². The first-order chi connectivity index (χ1) is 32.0. The van der Waals surface area contributed by atoms with Gasteiger partial charge in [-0.25, -0.2) is 0 Å². The highest BCUT2D eigenvalue weighted by Gasteiger charge is 2.20. The zero-order valence-electron chi connectivity index (χ0n) is 44.3. The van der Waals surface area contributed by atoms with Gasteiger partial charge in [-0.3, -0.25) is 9.59 Å². The number of ether oxygens (including phenoxy) is 1. The van der Waals surface area contributed by atoms with Crippen LogP contribution in [-0.2, 0) is 14.3 Å². The molecule has 388 valence electrons. The van der Waals surface area contributed by atoms with Crippen LogP contribution in [0.25, 0.3) is 0 Å². The van der Waals surface area contributed by atoms with Crippen LogP contribution in [0, 0.1) is 0 Å². The van der Waals surface area contributed by atoms with Crippen LogP contribution in [0.4, 0.5) is 0 Å². The molecule has 2 atom stereocenters. The summed E-state index contributed by atoms with van der Waals surface area (Å²) in [5.74, 6) is -0.0324. The lowest BCUT2D eigenvalue weighted by Gasteiger charge is -2.22. The molecule has 3 N–H and O–H groups in total. The molecule has 0 radical (unpaired) electrons. The van der Waals surface area contributed by atoms with E-state index in [0.29, 0.717) is 25.9 Å². The maximum atomic E-state index is 12.5. The van der Waals surface area contributed by atoms with Crippen LogP contribution in [0.2, 0.25) is 0 Å². The van der Waals surface area contributed by atoms with Gasteiger partial charge in [0.2, 0.25) is 5.91 Å². The molecule has 0 aliphatic carbocycles. The molecule has 0 aromatic heterocycles. The van der Waals surface area contributed by atoms with Crippen molar-refractivity contribution in [1.29, 1.82) is 0 Å². The topological polar surface area (TPSA) is 95.9 Å². The number of carbonyl (C=O) groups excluding carboxylic acids is 2. The Labute approximate surface area is 406 Å². The molecular weight excluding hydrogens is 803 g/mol. The molecular formula is C59H117NO5. The van der Waals surface area contributed by atoms with Gasteiger partial charge < -0.3 is 20.3 Å². The first-order valence-electron chi connectivity index (χ1n) is 29.8. The molecule has 0 bridgehead atoms. The first-order valence-corrected chi connectivity index (χ1v) is 29.8. The Hall–Kier alpha value is -1.14. The minimum Gasteiger partial charge on any atom is -0.466 e. The summed E-state index contributed by atoms with van der Waals surface area (Å²) in [7, 11) is 0. The summed E-state index contributed by atoms with van der Waals surface area (Å²) in [6, 6.07) is -0.546. The highest BCUT2D eigenvalue weighted by atomic mass is 16.5. The number of aliphatic hydroxyl groups is 2. The lowest BCUT2D eigenvalue weighted by atomic mass is 10.0. The van der Waals surface area contributed by atoms with E-state index in [9.17, 15) is 19.8 Å². The minimum absolute atomic E-state index is 0.00508. The number of unbranched alkanes of at least 4 members (excludes halogenated alkanes) is 45. The predicted octanol–water partition coefficient (Wildman–Crippen LogP) is 18.3. The number of rotatable bonds is 56. The Morgan fingerprint density at radius 1 is 0.369 bits per heavy atom. The fourth-order valence-corrected chi connectivity index (χ4v) is 9.58. The number of amides is 1. The second kappa shape index (κ2) is 55.5. The number of carbonyl (C=O) groups is 2. The van der Waals surface area contributed by atoms with E-state index in [0.717, 1.165) is 44.9 Å². The number of hydrogen-bond acceptors (Lipinski definition) is 5. The third-order valence-corrected chi connectivity index (χ3v) is 14.2. The average Bonchev–Trinajstić information content (AvgIpc) is 3.31. The molecule has 6 nitrogen and oxygen atoms in total. The predicted molar refractivity (Wildman–Crippen MR) is 283 cm³/mol. The van der Waals surface area contributed by atoms with Crippen molar-refractivity contribution < 1.29 is 24.5 Å². The van der Waals surface area contributed by atoms with Crippen molar-refractivity contribution in [3.8, 4) is 0 Å². The Kier molecular flexibility index (Phi) is 54.5. The van der Waals surface area contributed by atoms with Crippen LogP contribution in [0.3, 0.4) is 0 Å². The van der Waals surface area contributed by atoms with Crippen molar-refractivity contribution in [2.24, 2.45) is 0 Å². The third-order valence-electron chi connectivity index (χ3n) is 14.2. The average molecular weight is 921 g/mol. The van der Waals surface area contributed by atoms with E-state index in [1.807, 2.05) is 0 Å². The zero-order chi connectivity index (χ0) is 47.2. The zero-order valence-corrected chi connectivity index (χ0v) is 44.3. The lowest BCUT2D eigenvalue weighted by Crippen LogP contribution is -2.45. The molecule has 0 aromatic rings. The fourth-order valence-electron chi connectivity index (χ4n) is 9.58. The standard InChI is InChI=1S/C59H117NO5/c1-3-5-7-9-11-13-15-17-18-19-20-21-22-25-28-31-35-39-43-47-51-57(62)56(55-61)60-58(63)52-48-44-40-36-32-29-26-23-24-27-30-34-38-42-46-50-54-65-59(64)53-49-45-41-37-33-16-14-12-10-8-6-4-2/h56-57,61-62H,3-55H2,1-2H3,(H,60,63). The molecule has 6 heteroatoms. The lowest BCUT2D eigenvalue weighted by molar-refractivity contribution is -0.143. The van der Waals surface area contributed by atoms with Crippen LogP contribution in [0.15, 0.2) is 0 Å². The molecule has 0 saturated heterocycles. The summed E-state index contributed by atoms with van der Waals surface area (Å²) in [6.45, 7) is 4.97. The van der Waals surface area contributed by atoms with Crippen molar-refractivity contribution in [2.45, 2.75) is 353 Å². The molecule has 0 heterocycles. The van der Waals surface area contributed by atoms with Crippen LogP contribution in [0.1, 0.15) is 341 Å². The van der Waals surface area contributed by atoms with Gasteiger partial charge in [0.25, 0.3) is 0 Å². The van der Waals surface area contributed by atoms with E-state index in [1.165, 1.54) is 263 Å². The SMILES string of the molecule is CCCCCCCCCCCCCCCCCCCCCCC(O)C(CO)NC(=O)CCCCCCCCCCCCCCCCCCOC(=O)CCCCCCCCCCCCCC. The molecule has 0 aliphatic rings. The summed E-state index contributed by atoms with van der Waals surface area (Å²) in [6.07, 6.45) is 63.8. The molecule has 0 spiro atoms. The summed E-state index contributed by atoms with van der Waals surface area (Å²) in [5, 5.41) is 23.3. The number of aliphatic hydroxyl groups excluding tert-OH is 2. The summed E-state index contributed by atoms with van der Waals surface area (Å²) < 4.78 is 5.47. The molecule has 65 heavy (non-hydrogen) atoms. The molecule has 0 aromatic carbocycles. The Morgan fingerprint density at radius 3 is 0.938 bits per heavy atom. The summed E-state index contributed by atoms with van der Waals surface area (Å²) >= 11 is 0. The summed E-state index contributed by atoms with van der Waals surface area (Å²) in [5.41, 5.74) is 0. The maximum absolute atomic E-state index is 12.5. The monoisotopic (exact) mass is 920 g/mol. The van der Waals surface area contributed by atoms with E-state index < -0.39 is 12.1 Å². The van der Waals surface area contributed by atoms with E-state index in [-0.39, 0.29) is 18.5 Å². The minimum atomic E-state index is -0.668. The summed E-state index contributed by atoms with van der Waals surface area (Å²) in [4.78, 5) is 24.5. The van der Waals surface area contributed by atoms with Gasteiger partial charge in [-0.05, 0) is 25.7 Å². The van der Waals surface area contributed by atoms with E-state index in [2.05, 4.69) is 19.2 Å². The first kappa shape index (κ1) is 63.9. The van der Waals surface area contributed by atoms with Crippen molar-refractivity contribution >= 4 is 11.9 Å². The normalized spacial score (nSPS) is 12.5.